The molecule has 0 spiro atoms. The highest BCUT2D eigenvalue weighted by Gasteiger charge is 2.19. The first kappa shape index (κ1) is 33.6. The molecule has 8 nitrogen and oxygen atoms in total. The molecule has 4 aromatic carbocycles. The summed E-state index contributed by atoms with van der Waals surface area (Å²) in [5.41, 5.74) is 2.62. The highest BCUT2D eigenvalue weighted by atomic mass is 16.5. The molecule has 0 aromatic heterocycles. The molecule has 4 rings (SSSR count). The zero-order chi connectivity index (χ0) is 32.7. The Balaban J connectivity index is 1.31. The zero-order valence-electron chi connectivity index (χ0n) is 26.4. The molecule has 2 amide bonds. The number of unbranched alkanes of at least 4 members (excludes halogenated alkanes) is 4. The molecule has 0 saturated carbocycles. The second-order valence-corrected chi connectivity index (χ2v) is 11.1. The minimum atomic E-state index is -0.490. The van der Waals surface area contributed by atoms with Gasteiger partial charge in [0.1, 0.15) is 17.3 Å². The molecule has 0 unspecified atom stereocenters. The van der Waals surface area contributed by atoms with Gasteiger partial charge in [0, 0.05) is 23.4 Å². The van der Waals surface area contributed by atoms with Crippen molar-refractivity contribution < 1.29 is 28.7 Å². The summed E-state index contributed by atoms with van der Waals surface area (Å²) in [6, 6.07) is 29.1. The molecule has 0 aliphatic carbocycles. The molecule has 0 fully saturated rings. The van der Waals surface area contributed by atoms with Gasteiger partial charge in [-0.25, -0.2) is 4.79 Å². The Bertz CT molecular complexity index is 1580. The lowest BCUT2D eigenvalue weighted by Crippen LogP contribution is -2.34. The third-order valence-electron chi connectivity index (χ3n) is 7.24. The van der Waals surface area contributed by atoms with Gasteiger partial charge in [-0.15, -0.1) is 0 Å². The van der Waals surface area contributed by atoms with Crippen molar-refractivity contribution in [2.24, 2.45) is 0 Å². The van der Waals surface area contributed by atoms with Crippen LogP contribution in [0.15, 0.2) is 103 Å². The van der Waals surface area contributed by atoms with Crippen molar-refractivity contribution in [2.75, 3.05) is 18.5 Å². The average molecular weight is 621 g/mol. The van der Waals surface area contributed by atoms with E-state index in [0.29, 0.717) is 40.5 Å². The predicted molar refractivity (Wildman–Crippen MR) is 178 cm³/mol. The van der Waals surface area contributed by atoms with E-state index < -0.39 is 5.97 Å². The summed E-state index contributed by atoms with van der Waals surface area (Å²) in [5, 5.41) is 2.81. The number of nitrogens with one attached hydrogen (secondary N) is 1. The maximum Gasteiger partial charge on any atom is 0.343 e. The number of nitrogens with zero attached hydrogens (tertiary/aromatic N) is 1. The predicted octanol–water partition coefficient (Wildman–Crippen LogP) is 7.74. The fourth-order valence-electron chi connectivity index (χ4n) is 4.77. The second kappa shape index (κ2) is 17.3. The quantitative estimate of drug-likeness (QED) is 0.0781. The Labute approximate surface area is 270 Å². The first-order chi connectivity index (χ1) is 22.3. The lowest BCUT2D eigenvalue weighted by Gasteiger charge is -2.22. The number of carbonyl (C=O) groups excluding carboxylic acids is 4. The Kier molecular flexibility index (Phi) is 12.7. The van der Waals surface area contributed by atoms with Crippen LogP contribution in [0.25, 0.3) is 0 Å². The van der Waals surface area contributed by atoms with Crippen molar-refractivity contribution in [2.45, 2.75) is 52.5 Å². The lowest BCUT2D eigenvalue weighted by molar-refractivity contribution is -0.117. The second-order valence-electron chi connectivity index (χ2n) is 11.1. The van der Waals surface area contributed by atoms with Crippen LogP contribution in [0.3, 0.4) is 0 Å². The van der Waals surface area contributed by atoms with Crippen LogP contribution in [-0.2, 0) is 11.3 Å². The van der Waals surface area contributed by atoms with Crippen molar-refractivity contribution in [1.82, 2.24) is 4.90 Å². The largest absolute Gasteiger partial charge is 0.494 e. The van der Waals surface area contributed by atoms with Crippen LogP contribution in [-0.4, -0.2) is 41.6 Å². The first-order valence-corrected chi connectivity index (χ1v) is 15.6. The summed E-state index contributed by atoms with van der Waals surface area (Å²) < 4.78 is 11.3. The van der Waals surface area contributed by atoms with E-state index in [1.807, 2.05) is 6.07 Å². The summed E-state index contributed by atoms with van der Waals surface area (Å²) >= 11 is 0. The molecule has 0 bridgehead atoms. The van der Waals surface area contributed by atoms with E-state index in [9.17, 15) is 19.2 Å². The summed E-state index contributed by atoms with van der Waals surface area (Å²) in [6.07, 6.45) is 5.82. The van der Waals surface area contributed by atoms with Gasteiger partial charge in [0.05, 0.1) is 18.7 Å². The van der Waals surface area contributed by atoms with Crippen LogP contribution >= 0.6 is 0 Å². The van der Waals surface area contributed by atoms with Gasteiger partial charge in [0.25, 0.3) is 11.8 Å². The summed E-state index contributed by atoms with van der Waals surface area (Å²) in [7, 11) is 0. The fraction of sp³-hybridized carbons (Fsp3) is 0.263. The topological polar surface area (TPSA) is 102 Å². The number of rotatable bonds is 16. The molecule has 4 aromatic rings. The van der Waals surface area contributed by atoms with Gasteiger partial charge in [-0.3, -0.25) is 14.4 Å². The van der Waals surface area contributed by atoms with Gasteiger partial charge < -0.3 is 19.7 Å². The van der Waals surface area contributed by atoms with Crippen molar-refractivity contribution >= 4 is 29.3 Å². The average Bonchev–Trinajstić information content (AvgIpc) is 3.07. The van der Waals surface area contributed by atoms with Crippen LogP contribution < -0.4 is 14.8 Å². The molecule has 0 radical (unpaired) electrons. The number of benzene rings is 4. The van der Waals surface area contributed by atoms with Crippen molar-refractivity contribution in [3.05, 3.63) is 125 Å². The molecule has 0 saturated heterocycles. The van der Waals surface area contributed by atoms with E-state index in [4.69, 9.17) is 9.47 Å². The monoisotopic (exact) mass is 620 g/mol. The number of hydrogen-bond acceptors (Lipinski definition) is 6. The first-order valence-electron chi connectivity index (χ1n) is 15.6. The third kappa shape index (κ3) is 10.4. The number of hydrogen-bond donors (Lipinski definition) is 1. The van der Waals surface area contributed by atoms with E-state index in [1.54, 1.807) is 97.1 Å². The van der Waals surface area contributed by atoms with Gasteiger partial charge in [0.2, 0.25) is 0 Å². The fourth-order valence-corrected chi connectivity index (χ4v) is 4.77. The van der Waals surface area contributed by atoms with Crippen LogP contribution in [0.2, 0.25) is 0 Å². The highest BCUT2D eigenvalue weighted by Crippen LogP contribution is 2.20. The maximum atomic E-state index is 13.4. The molecule has 46 heavy (non-hydrogen) atoms. The zero-order valence-corrected chi connectivity index (χ0v) is 26.4. The Morgan fingerprint density at radius 2 is 1.30 bits per heavy atom. The van der Waals surface area contributed by atoms with Crippen molar-refractivity contribution in [3.8, 4) is 11.5 Å². The summed E-state index contributed by atoms with van der Waals surface area (Å²) in [6.45, 7) is 4.38. The molecule has 1 N–H and O–H groups in total. The summed E-state index contributed by atoms with van der Waals surface area (Å²) in [4.78, 5) is 52.0. The van der Waals surface area contributed by atoms with E-state index in [2.05, 4.69) is 12.2 Å². The van der Waals surface area contributed by atoms with Gasteiger partial charge in [-0.2, -0.15) is 0 Å². The molecule has 0 heterocycles. The van der Waals surface area contributed by atoms with Crippen LogP contribution in [0.4, 0.5) is 5.69 Å². The minimum absolute atomic E-state index is 0.0688. The SMILES string of the molecule is CCCCCCCOc1ccc(C(=O)Oc2ccc(CN(CC(C)=O)C(=O)c3ccc(NC(=O)c4ccccc4)cc3)cc2)cc1. The normalized spacial score (nSPS) is 10.6. The molecular weight excluding hydrogens is 580 g/mol. The minimum Gasteiger partial charge on any atom is -0.494 e. The van der Waals surface area contributed by atoms with Crippen LogP contribution in [0, 0.1) is 0 Å². The molecule has 0 aliphatic rings. The van der Waals surface area contributed by atoms with Gasteiger partial charge in [-0.1, -0.05) is 62.9 Å². The van der Waals surface area contributed by atoms with E-state index in [0.717, 1.165) is 18.4 Å². The Morgan fingerprint density at radius 1 is 0.674 bits per heavy atom. The molecule has 238 valence electrons. The van der Waals surface area contributed by atoms with Crippen molar-refractivity contribution in [3.63, 3.8) is 0 Å². The standard InChI is InChI=1S/C38H40N2O6/c1-3-4-5-6-10-25-45-34-23-17-32(18-24-34)38(44)46-35-21-13-29(14-22-35)27-40(26-28(2)41)37(43)31-15-19-33(20-16-31)39-36(42)30-11-8-7-9-12-30/h7-9,11-24H,3-6,10,25-27H2,1-2H3,(H,39,42). The number of ketones is 1. The maximum absolute atomic E-state index is 13.4. The van der Waals surface area contributed by atoms with E-state index >= 15 is 0 Å². The van der Waals surface area contributed by atoms with Gasteiger partial charge in [0.15, 0.2) is 0 Å². The molecule has 8 heteroatoms. The van der Waals surface area contributed by atoms with E-state index in [-0.39, 0.29) is 30.7 Å². The lowest BCUT2D eigenvalue weighted by atomic mass is 10.1. The van der Waals surface area contributed by atoms with Crippen molar-refractivity contribution in [1.29, 1.82) is 0 Å². The van der Waals surface area contributed by atoms with Gasteiger partial charge >= 0.3 is 5.97 Å². The van der Waals surface area contributed by atoms with Gasteiger partial charge in [-0.05, 0) is 91.7 Å². The molecule has 0 aliphatic heterocycles. The highest BCUT2D eigenvalue weighted by molar-refractivity contribution is 6.04. The third-order valence-corrected chi connectivity index (χ3v) is 7.24. The molecular formula is C38H40N2O6. The smallest absolute Gasteiger partial charge is 0.343 e. The van der Waals surface area contributed by atoms with Crippen LogP contribution in [0.5, 0.6) is 11.5 Å². The summed E-state index contributed by atoms with van der Waals surface area (Å²) in [5.74, 6) is -0.149. The molecule has 0 atom stereocenters. The number of ether oxygens (including phenoxy) is 2. The Morgan fingerprint density at radius 3 is 1.96 bits per heavy atom. The van der Waals surface area contributed by atoms with Crippen LogP contribution in [0.1, 0.15) is 82.6 Å². The number of Topliss-reactive ketones (excluding diaryl/α,β-unsaturated/α-hetero) is 1. The van der Waals surface area contributed by atoms with E-state index in [1.165, 1.54) is 31.1 Å². The Hall–Kier alpha value is -5.24. The number of amides is 2. The number of anilines is 1. The number of esters is 1. The number of carbonyl (C=O) groups is 4.